The Morgan fingerprint density at radius 2 is 2.25 bits per heavy atom. The van der Waals surface area contributed by atoms with E-state index in [2.05, 4.69) is 20.8 Å². The standard InChI is InChI=1S/C13H18N6O/c1-9-7-10(8-12(16-9)17-14)13(20)15-5-3-11-4-6-19(2)18-11/h4,6-8H,3,5,14H2,1-2H3,(H,15,20)(H,16,17). The van der Waals surface area contributed by atoms with Crippen molar-refractivity contribution >= 4 is 11.7 Å². The van der Waals surface area contributed by atoms with Crippen LogP contribution >= 0.6 is 0 Å². The summed E-state index contributed by atoms with van der Waals surface area (Å²) in [6, 6.07) is 5.26. The minimum atomic E-state index is -0.150. The van der Waals surface area contributed by atoms with Crippen molar-refractivity contribution in [2.24, 2.45) is 12.9 Å². The van der Waals surface area contributed by atoms with Crippen molar-refractivity contribution in [3.05, 3.63) is 41.3 Å². The lowest BCUT2D eigenvalue weighted by Crippen LogP contribution is -2.26. The van der Waals surface area contributed by atoms with Crippen molar-refractivity contribution < 1.29 is 4.79 Å². The van der Waals surface area contributed by atoms with Crippen LogP contribution < -0.4 is 16.6 Å². The van der Waals surface area contributed by atoms with E-state index in [4.69, 9.17) is 5.84 Å². The number of hydrogen-bond donors (Lipinski definition) is 3. The molecule has 1 amide bonds. The van der Waals surface area contributed by atoms with Gasteiger partial charge in [-0.25, -0.2) is 10.8 Å². The fourth-order valence-electron chi connectivity index (χ4n) is 1.88. The van der Waals surface area contributed by atoms with Gasteiger partial charge in [-0.15, -0.1) is 0 Å². The van der Waals surface area contributed by atoms with Crippen LogP contribution in [0, 0.1) is 6.92 Å². The molecule has 0 saturated carbocycles. The largest absolute Gasteiger partial charge is 0.352 e. The molecular weight excluding hydrogens is 256 g/mol. The van der Waals surface area contributed by atoms with Crippen molar-refractivity contribution in [2.75, 3.05) is 12.0 Å². The van der Waals surface area contributed by atoms with Crippen LogP contribution in [0.15, 0.2) is 24.4 Å². The highest BCUT2D eigenvalue weighted by atomic mass is 16.1. The van der Waals surface area contributed by atoms with Crippen LogP contribution in [-0.2, 0) is 13.5 Å². The first-order chi connectivity index (χ1) is 9.58. The van der Waals surface area contributed by atoms with Gasteiger partial charge in [0.25, 0.3) is 5.91 Å². The van der Waals surface area contributed by atoms with Gasteiger partial charge in [0, 0.05) is 37.5 Å². The van der Waals surface area contributed by atoms with Gasteiger partial charge in [0.1, 0.15) is 5.82 Å². The number of carbonyl (C=O) groups excluding carboxylic acids is 1. The summed E-state index contributed by atoms with van der Waals surface area (Å²) >= 11 is 0. The predicted molar refractivity (Wildman–Crippen MR) is 76.0 cm³/mol. The second kappa shape index (κ2) is 6.16. The lowest BCUT2D eigenvalue weighted by molar-refractivity contribution is 0.0954. The SMILES string of the molecule is Cc1cc(C(=O)NCCc2ccn(C)n2)cc(NN)n1. The third kappa shape index (κ3) is 3.55. The molecule has 7 nitrogen and oxygen atoms in total. The third-order valence-electron chi connectivity index (χ3n) is 2.80. The van der Waals surface area contributed by atoms with Crippen LogP contribution in [0.4, 0.5) is 5.82 Å². The molecule has 0 radical (unpaired) electrons. The highest BCUT2D eigenvalue weighted by Crippen LogP contribution is 2.09. The van der Waals surface area contributed by atoms with Crippen molar-refractivity contribution in [1.29, 1.82) is 0 Å². The smallest absolute Gasteiger partial charge is 0.251 e. The molecule has 0 spiro atoms. The molecule has 0 aliphatic rings. The van der Waals surface area contributed by atoms with Crippen LogP contribution in [0.3, 0.4) is 0 Å². The predicted octanol–water partition coefficient (Wildman–Crippen LogP) is 0.382. The monoisotopic (exact) mass is 274 g/mol. The molecule has 2 rings (SSSR count). The number of rotatable bonds is 5. The number of carbonyl (C=O) groups is 1. The molecule has 106 valence electrons. The van der Waals surface area contributed by atoms with Gasteiger partial charge in [-0.1, -0.05) is 0 Å². The number of hydrazine groups is 1. The van der Waals surface area contributed by atoms with E-state index in [1.54, 1.807) is 16.8 Å². The van der Waals surface area contributed by atoms with Crippen LogP contribution in [-0.4, -0.2) is 27.2 Å². The number of hydrogen-bond acceptors (Lipinski definition) is 5. The van der Waals surface area contributed by atoms with Crippen LogP contribution in [0.2, 0.25) is 0 Å². The molecule has 2 aromatic rings. The van der Waals surface area contributed by atoms with Gasteiger partial charge in [0.15, 0.2) is 0 Å². The average molecular weight is 274 g/mol. The Hall–Kier alpha value is -2.41. The number of aromatic nitrogens is 3. The Kier molecular flexibility index (Phi) is 4.31. The molecule has 0 fully saturated rings. The van der Waals surface area contributed by atoms with Gasteiger partial charge in [-0.3, -0.25) is 9.48 Å². The number of nitrogens with zero attached hydrogens (tertiary/aromatic N) is 3. The zero-order chi connectivity index (χ0) is 14.5. The fraction of sp³-hybridized carbons (Fsp3) is 0.308. The van der Waals surface area contributed by atoms with Gasteiger partial charge in [0.05, 0.1) is 5.69 Å². The molecule has 0 bridgehead atoms. The Morgan fingerprint density at radius 3 is 2.90 bits per heavy atom. The molecule has 0 unspecified atom stereocenters. The minimum absolute atomic E-state index is 0.150. The van der Waals surface area contributed by atoms with Gasteiger partial charge < -0.3 is 10.7 Å². The number of nitrogen functional groups attached to an aromatic ring is 1. The second-order valence-electron chi connectivity index (χ2n) is 4.51. The number of amides is 1. The Labute approximate surface area is 117 Å². The van der Waals surface area contributed by atoms with E-state index in [-0.39, 0.29) is 5.91 Å². The number of anilines is 1. The minimum Gasteiger partial charge on any atom is -0.352 e. The summed E-state index contributed by atoms with van der Waals surface area (Å²) in [6.07, 6.45) is 2.57. The summed E-state index contributed by atoms with van der Waals surface area (Å²) in [4.78, 5) is 16.2. The van der Waals surface area contributed by atoms with E-state index < -0.39 is 0 Å². The van der Waals surface area contributed by atoms with E-state index in [1.165, 1.54) is 0 Å². The van der Waals surface area contributed by atoms with Crippen molar-refractivity contribution in [3.63, 3.8) is 0 Å². The maximum atomic E-state index is 12.0. The average Bonchev–Trinajstić information content (AvgIpc) is 2.83. The summed E-state index contributed by atoms with van der Waals surface area (Å²) < 4.78 is 1.74. The van der Waals surface area contributed by atoms with Gasteiger partial charge in [-0.05, 0) is 25.1 Å². The Balaban J connectivity index is 1.93. The molecule has 0 aromatic carbocycles. The Morgan fingerprint density at radius 1 is 1.45 bits per heavy atom. The summed E-state index contributed by atoms with van der Waals surface area (Å²) in [5, 5.41) is 7.10. The topological polar surface area (TPSA) is 97.9 Å². The van der Waals surface area contributed by atoms with Gasteiger partial charge in [-0.2, -0.15) is 5.10 Å². The maximum absolute atomic E-state index is 12.0. The van der Waals surface area contributed by atoms with E-state index >= 15 is 0 Å². The second-order valence-corrected chi connectivity index (χ2v) is 4.51. The first kappa shape index (κ1) is 14.0. The molecule has 0 aliphatic heterocycles. The molecular formula is C13H18N6O. The van der Waals surface area contributed by atoms with E-state index in [1.807, 2.05) is 26.2 Å². The maximum Gasteiger partial charge on any atom is 0.251 e. The molecule has 4 N–H and O–H groups in total. The highest BCUT2D eigenvalue weighted by Gasteiger charge is 2.08. The molecule has 2 heterocycles. The van der Waals surface area contributed by atoms with Gasteiger partial charge >= 0.3 is 0 Å². The lowest BCUT2D eigenvalue weighted by Gasteiger charge is -2.07. The molecule has 20 heavy (non-hydrogen) atoms. The molecule has 0 aliphatic carbocycles. The van der Waals surface area contributed by atoms with Crippen molar-refractivity contribution in [2.45, 2.75) is 13.3 Å². The summed E-state index contributed by atoms with van der Waals surface area (Å²) in [5.41, 5.74) is 4.66. The quantitative estimate of drug-likeness (QED) is 0.541. The molecule has 0 saturated heterocycles. The molecule has 7 heteroatoms. The first-order valence-electron chi connectivity index (χ1n) is 6.30. The van der Waals surface area contributed by atoms with Crippen molar-refractivity contribution in [3.8, 4) is 0 Å². The first-order valence-corrected chi connectivity index (χ1v) is 6.30. The van der Waals surface area contributed by atoms with E-state index in [0.717, 1.165) is 11.4 Å². The summed E-state index contributed by atoms with van der Waals surface area (Å²) in [7, 11) is 1.86. The number of nitrogens with one attached hydrogen (secondary N) is 2. The van der Waals surface area contributed by atoms with Crippen molar-refractivity contribution in [1.82, 2.24) is 20.1 Å². The zero-order valence-electron chi connectivity index (χ0n) is 11.6. The van der Waals surface area contributed by atoms with Crippen LogP contribution in [0.1, 0.15) is 21.7 Å². The van der Waals surface area contributed by atoms with Crippen LogP contribution in [0.25, 0.3) is 0 Å². The number of pyridine rings is 1. The highest BCUT2D eigenvalue weighted by molar-refractivity contribution is 5.94. The van der Waals surface area contributed by atoms with E-state index in [9.17, 15) is 4.79 Å². The zero-order valence-corrected chi connectivity index (χ0v) is 11.6. The third-order valence-corrected chi connectivity index (χ3v) is 2.80. The molecule has 0 atom stereocenters. The van der Waals surface area contributed by atoms with E-state index in [0.29, 0.717) is 24.3 Å². The number of nitrogens with two attached hydrogens (primary N) is 1. The fourth-order valence-corrected chi connectivity index (χ4v) is 1.88. The normalized spacial score (nSPS) is 10.3. The summed E-state index contributed by atoms with van der Waals surface area (Å²) in [5.74, 6) is 5.63. The Bertz CT molecular complexity index is 607. The van der Waals surface area contributed by atoms with Crippen LogP contribution in [0.5, 0.6) is 0 Å². The van der Waals surface area contributed by atoms with Gasteiger partial charge in [0.2, 0.25) is 0 Å². The molecule has 2 aromatic heterocycles. The lowest BCUT2D eigenvalue weighted by atomic mass is 10.2. The number of aryl methyl sites for hydroxylation is 2. The summed E-state index contributed by atoms with van der Waals surface area (Å²) in [6.45, 7) is 2.34.